The average molecular weight is 184 g/mol. The molecule has 0 saturated carbocycles. The summed E-state index contributed by atoms with van der Waals surface area (Å²) in [6.45, 7) is 3.40. The number of carbonyl (C=O) groups excluding carboxylic acids is 1. The van der Waals surface area contributed by atoms with E-state index in [1.807, 2.05) is 0 Å². The molecule has 1 unspecified atom stereocenters. The first-order valence-electron chi connectivity index (χ1n) is 3.86. The van der Waals surface area contributed by atoms with E-state index in [1.54, 1.807) is 13.8 Å². The van der Waals surface area contributed by atoms with Gasteiger partial charge in [0.2, 0.25) is 5.95 Å². The van der Waals surface area contributed by atoms with E-state index in [9.17, 15) is 4.79 Å². The van der Waals surface area contributed by atoms with Gasteiger partial charge in [-0.1, -0.05) is 0 Å². The second-order valence-corrected chi connectivity index (χ2v) is 2.61. The number of aryl methyl sites for hydroxylation is 1. The lowest BCUT2D eigenvalue weighted by Gasteiger charge is -2.06. The van der Waals surface area contributed by atoms with Gasteiger partial charge in [0.15, 0.2) is 0 Å². The van der Waals surface area contributed by atoms with Crippen molar-refractivity contribution in [2.24, 2.45) is 0 Å². The maximum Gasteiger partial charge on any atom is 0.255 e. The molecule has 0 bridgehead atoms. The maximum absolute atomic E-state index is 11.2. The Kier molecular flexibility index (Phi) is 2.97. The minimum Gasteiger partial charge on any atom is -0.372 e. The number of hydrogen-bond donors (Lipinski definition) is 2. The van der Waals surface area contributed by atoms with E-state index in [0.717, 1.165) is 0 Å². The van der Waals surface area contributed by atoms with Gasteiger partial charge in [-0.2, -0.15) is 4.98 Å². The second-order valence-electron chi connectivity index (χ2n) is 2.61. The van der Waals surface area contributed by atoms with Gasteiger partial charge in [0.05, 0.1) is 0 Å². The molecule has 1 heterocycles. The number of aromatic amines is 1. The summed E-state index contributed by atoms with van der Waals surface area (Å²) in [5.41, 5.74) is 0. The van der Waals surface area contributed by atoms with Crippen LogP contribution in [-0.4, -0.2) is 34.3 Å². The maximum atomic E-state index is 11.2. The highest BCUT2D eigenvalue weighted by Crippen LogP contribution is 1.99. The van der Waals surface area contributed by atoms with Crippen LogP contribution >= 0.6 is 0 Å². The van der Waals surface area contributed by atoms with Crippen LogP contribution in [0.4, 0.5) is 5.95 Å². The highest BCUT2D eigenvalue weighted by atomic mass is 16.5. The molecule has 1 aromatic heterocycles. The zero-order valence-corrected chi connectivity index (χ0v) is 7.79. The lowest BCUT2D eigenvalue weighted by Crippen LogP contribution is -2.27. The summed E-state index contributed by atoms with van der Waals surface area (Å²) in [4.78, 5) is 15.1. The number of ether oxygens (including phenoxy) is 1. The highest BCUT2D eigenvalue weighted by Gasteiger charge is 2.13. The lowest BCUT2D eigenvalue weighted by atomic mass is 10.4. The van der Waals surface area contributed by atoms with Crippen molar-refractivity contribution in [3.63, 3.8) is 0 Å². The summed E-state index contributed by atoms with van der Waals surface area (Å²) >= 11 is 0. The Hall–Kier alpha value is -1.43. The van der Waals surface area contributed by atoms with Gasteiger partial charge in [0.1, 0.15) is 11.9 Å². The fraction of sp³-hybridized carbons (Fsp3) is 0.571. The van der Waals surface area contributed by atoms with E-state index in [-0.39, 0.29) is 11.9 Å². The third-order valence-corrected chi connectivity index (χ3v) is 1.55. The molecule has 0 aliphatic rings. The molecule has 2 N–H and O–H groups in total. The first-order valence-corrected chi connectivity index (χ1v) is 3.86. The molecule has 0 aromatic carbocycles. The van der Waals surface area contributed by atoms with Gasteiger partial charge in [0.25, 0.3) is 5.91 Å². The van der Waals surface area contributed by atoms with Gasteiger partial charge in [-0.25, -0.2) is 0 Å². The predicted octanol–water partition coefficient (Wildman–Crippen LogP) is 0.0865. The third kappa shape index (κ3) is 2.51. The van der Waals surface area contributed by atoms with Crippen molar-refractivity contribution in [2.75, 3.05) is 12.4 Å². The van der Waals surface area contributed by atoms with E-state index in [0.29, 0.717) is 5.82 Å². The third-order valence-electron chi connectivity index (χ3n) is 1.55. The van der Waals surface area contributed by atoms with Crippen molar-refractivity contribution in [3.05, 3.63) is 5.82 Å². The number of carbonyl (C=O) groups is 1. The van der Waals surface area contributed by atoms with Crippen LogP contribution in [0.3, 0.4) is 0 Å². The van der Waals surface area contributed by atoms with Gasteiger partial charge in [-0.15, -0.1) is 5.10 Å². The molecular formula is C7H12N4O2. The van der Waals surface area contributed by atoms with Gasteiger partial charge in [-0.3, -0.25) is 15.2 Å². The van der Waals surface area contributed by atoms with Crippen LogP contribution in [0, 0.1) is 6.92 Å². The molecule has 0 aliphatic heterocycles. The Morgan fingerprint density at radius 2 is 2.38 bits per heavy atom. The van der Waals surface area contributed by atoms with Crippen LogP contribution in [0.1, 0.15) is 12.7 Å². The molecule has 1 amide bonds. The van der Waals surface area contributed by atoms with Crippen LogP contribution in [0.15, 0.2) is 0 Å². The van der Waals surface area contributed by atoms with E-state index >= 15 is 0 Å². The topological polar surface area (TPSA) is 79.9 Å². The Balaban J connectivity index is 2.54. The molecule has 0 radical (unpaired) electrons. The second kappa shape index (κ2) is 3.99. The zero-order valence-electron chi connectivity index (χ0n) is 7.79. The van der Waals surface area contributed by atoms with Crippen molar-refractivity contribution in [3.8, 4) is 0 Å². The molecule has 6 heteroatoms. The fourth-order valence-electron chi connectivity index (χ4n) is 0.717. The van der Waals surface area contributed by atoms with E-state index in [2.05, 4.69) is 20.5 Å². The molecule has 0 spiro atoms. The number of aromatic nitrogens is 3. The van der Waals surface area contributed by atoms with Crippen LogP contribution in [0.25, 0.3) is 0 Å². The van der Waals surface area contributed by atoms with E-state index in [4.69, 9.17) is 4.74 Å². The Bertz CT molecular complexity index is 296. The molecule has 0 saturated heterocycles. The average Bonchev–Trinajstić information content (AvgIpc) is 2.49. The quantitative estimate of drug-likeness (QED) is 0.697. The monoisotopic (exact) mass is 184 g/mol. The zero-order chi connectivity index (χ0) is 9.84. The standard InChI is InChI=1S/C7H12N4O2/c1-4(13-3)6(12)9-7-8-5(2)10-11-7/h4H,1-3H3,(H2,8,9,10,11,12). The van der Waals surface area contributed by atoms with Crippen molar-refractivity contribution in [1.29, 1.82) is 0 Å². The van der Waals surface area contributed by atoms with Crippen LogP contribution in [-0.2, 0) is 9.53 Å². The highest BCUT2D eigenvalue weighted by molar-refractivity contribution is 5.92. The SMILES string of the molecule is COC(C)C(=O)Nc1n[nH]c(C)n1. The summed E-state index contributed by atoms with van der Waals surface area (Å²) in [5, 5.41) is 8.86. The molecule has 1 aromatic rings. The van der Waals surface area contributed by atoms with Crippen molar-refractivity contribution in [2.45, 2.75) is 20.0 Å². The van der Waals surface area contributed by atoms with Crippen LogP contribution < -0.4 is 5.32 Å². The van der Waals surface area contributed by atoms with Crippen molar-refractivity contribution < 1.29 is 9.53 Å². The van der Waals surface area contributed by atoms with Crippen molar-refractivity contribution >= 4 is 11.9 Å². The predicted molar refractivity (Wildman–Crippen MR) is 46.2 cm³/mol. The fourth-order valence-corrected chi connectivity index (χ4v) is 0.717. The van der Waals surface area contributed by atoms with E-state index < -0.39 is 6.10 Å². The summed E-state index contributed by atoms with van der Waals surface area (Å²) in [5.74, 6) is 0.660. The minimum atomic E-state index is -0.501. The van der Waals surface area contributed by atoms with Gasteiger partial charge in [-0.05, 0) is 13.8 Å². The normalized spacial score (nSPS) is 12.5. The number of amides is 1. The number of rotatable bonds is 3. The Labute approximate surface area is 75.7 Å². The number of hydrogen-bond acceptors (Lipinski definition) is 4. The molecule has 72 valence electrons. The van der Waals surface area contributed by atoms with Gasteiger partial charge in [0, 0.05) is 7.11 Å². The number of nitrogens with zero attached hydrogens (tertiary/aromatic N) is 2. The van der Waals surface area contributed by atoms with Gasteiger partial charge < -0.3 is 4.74 Å². The Morgan fingerprint density at radius 1 is 1.69 bits per heavy atom. The molecular weight excluding hydrogens is 172 g/mol. The molecule has 0 aliphatic carbocycles. The number of H-pyrrole nitrogens is 1. The molecule has 6 nitrogen and oxygen atoms in total. The van der Waals surface area contributed by atoms with Crippen LogP contribution in [0.5, 0.6) is 0 Å². The van der Waals surface area contributed by atoms with E-state index in [1.165, 1.54) is 7.11 Å². The largest absolute Gasteiger partial charge is 0.372 e. The first-order chi connectivity index (χ1) is 6.13. The number of nitrogens with one attached hydrogen (secondary N) is 2. The lowest BCUT2D eigenvalue weighted by molar-refractivity contribution is -0.124. The van der Waals surface area contributed by atoms with Crippen molar-refractivity contribution in [1.82, 2.24) is 15.2 Å². The van der Waals surface area contributed by atoms with Gasteiger partial charge >= 0.3 is 0 Å². The summed E-state index contributed by atoms with van der Waals surface area (Å²) in [6, 6.07) is 0. The molecule has 1 rings (SSSR count). The minimum absolute atomic E-state index is 0.262. The summed E-state index contributed by atoms with van der Waals surface area (Å²) in [6.07, 6.45) is -0.501. The molecule has 0 fully saturated rings. The smallest absolute Gasteiger partial charge is 0.255 e. The number of methoxy groups -OCH3 is 1. The Morgan fingerprint density at radius 3 is 2.85 bits per heavy atom. The number of anilines is 1. The summed E-state index contributed by atoms with van der Waals surface area (Å²) in [7, 11) is 1.47. The van der Waals surface area contributed by atoms with Crippen LogP contribution in [0.2, 0.25) is 0 Å². The molecule has 1 atom stereocenters. The summed E-state index contributed by atoms with van der Waals surface area (Å²) < 4.78 is 4.81. The first kappa shape index (κ1) is 9.66. The molecule has 13 heavy (non-hydrogen) atoms.